The minimum absolute atomic E-state index is 0.120. The molecule has 0 radical (unpaired) electrons. The molecule has 0 aliphatic heterocycles. The van der Waals surface area contributed by atoms with Gasteiger partial charge in [0.05, 0.1) is 33.0 Å². The molecule has 0 unspecified atom stereocenters. The molecule has 0 fully saturated rings. The number of fused-ring (bicyclic) bond motifs is 1. The van der Waals surface area contributed by atoms with Crippen LogP contribution in [0.1, 0.15) is 27.0 Å². The lowest BCUT2D eigenvalue weighted by molar-refractivity contribution is 0.0998. The third kappa shape index (κ3) is 5.37. The fourth-order valence-electron chi connectivity index (χ4n) is 3.89. The normalized spacial score (nSPS) is 12.3. The van der Waals surface area contributed by atoms with Crippen molar-refractivity contribution in [1.82, 2.24) is 4.57 Å². The first-order valence-corrected chi connectivity index (χ1v) is 13.4. The largest absolute Gasteiger partial charge is 0.383 e. The van der Waals surface area contributed by atoms with Gasteiger partial charge in [0, 0.05) is 13.7 Å². The van der Waals surface area contributed by atoms with Gasteiger partial charge in [-0.05, 0) is 62.2 Å². The summed E-state index contributed by atoms with van der Waals surface area (Å²) < 4.78 is 36.7. The number of para-hydroxylation sites is 1. The first-order valence-electron chi connectivity index (χ1n) is 11.1. The summed E-state index contributed by atoms with van der Waals surface area (Å²) >= 11 is 1.42. The molecule has 0 spiro atoms. The molecule has 7 nitrogen and oxygen atoms in total. The van der Waals surface area contributed by atoms with Gasteiger partial charge in [0.15, 0.2) is 4.80 Å². The third-order valence-electron chi connectivity index (χ3n) is 5.56. The first-order chi connectivity index (χ1) is 16.7. The zero-order valence-electron chi connectivity index (χ0n) is 20.0. The van der Waals surface area contributed by atoms with Gasteiger partial charge in [0.1, 0.15) is 0 Å². The van der Waals surface area contributed by atoms with Crippen LogP contribution in [0.2, 0.25) is 0 Å². The van der Waals surface area contributed by atoms with Crippen molar-refractivity contribution in [2.75, 3.05) is 18.4 Å². The maximum atomic E-state index is 13.3. The summed E-state index contributed by atoms with van der Waals surface area (Å²) in [5.74, 6) is -0.528. The highest BCUT2D eigenvalue weighted by Crippen LogP contribution is 2.24. The van der Waals surface area contributed by atoms with Crippen LogP contribution in [-0.4, -0.2) is 32.6 Å². The quantitative estimate of drug-likeness (QED) is 0.387. The molecule has 1 amide bonds. The molecule has 182 valence electrons. The van der Waals surface area contributed by atoms with E-state index < -0.39 is 15.9 Å². The van der Waals surface area contributed by atoms with Crippen LogP contribution < -0.4 is 9.52 Å². The van der Waals surface area contributed by atoms with Gasteiger partial charge >= 0.3 is 0 Å². The Labute approximate surface area is 208 Å². The number of rotatable bonds is 7. The number of nitrogens with zero attached hydrogens (tertiary/aromatic N) is 2. The van der Waals surface area contributed by atoms with Crippen molar-refractivity contribution in [3.63, 3.8) is 0 Å². The number of anilines is 1. The highest BCUT2D eigenvalue weighted by molar-refractivity contribution is 7.92. The van der Waals surface area contributed by atoms with Crippen LogP contribution >= 0.6 is 11.3 Å². The second-order valence-electron chi connectivity index (χ2n) is 8.34. The molecule has 0 atom stereocenters. The molecule has 0 saturated carbocycles. The summed E-state index contributed by atoms with van der Waals surface area (Å²) in [5.41, 5.74) is 4.54. The average molecular weight is 510 g/mol. The number of hydrogen-bond acceptors (Lipinski definition) is 5. The molecule has 4 rings (SSSR count). The summed E-state index contributed by atoms with van der Waals surface area (Å²) in [7, 11) is -2.24. The second-order valence-corrected chi connectivity index (χ2v) is 11.0. The van der Waals surface area contributed by atoms with Crippen LogP contribution in [0.25, 0.3) is 10.2 Å². The number of nitrogens with one attached hydrogen (secondary N) is 1. The number of methoxy groups -OCH3 is 1. The van der Waals surface area contributed by atoms with E-state index in [9.17, 15) is 13.2 Å². The molecule has 35 heavy (non-hydrogen) atoms. The molecule has 9 heteroatoms. The Morgan fingerprint density at radius 2 is 1.74 bits per heavy atom. The lowest BCUT2D eigenvalue weighted by atomic mass is 10.1. The molecule has 1 aromatic heterocycles. The monoisotopic (exact) mass is 509 g/mol. The highest BCUT2D eigenvalue weighted by atomic mass is 32.2. The van der Waals surface area contributed by atoms with Gasteiger partial charge in [-0.1, -0.05) is 47.2 Å². The second kappa shape index (κ2) is 10.2. The van der Waals surface area contributed by atoms with Crippen molar-refractivity contribution < 1.29 is 17.9 Å². The summed E-state index contributed by atoms with van der Waals surface area (Å²) in [6, 6.07) is 17.2. The average Bonchev–Trinajstić information content (AvgIpc) is 3.14. The Morgan fingerprint density at radius 3 is 2.46 bits per heavy atom. The number of aromatic nitrogens is 1. The molecular formula is C26H27N3O4S2. The fraction of sp³-hybridized carbons (Fsp3) is 0.231. The number of carbonyl (C=O) groups excluding carboxylic acids is 1. The summed E-state index contributed by atoms with van der Waals surface area (Å²) in [6.07, 6.45) is 0. The Balaban J connectivity index is 1.77. The van der Waals surface area contributed by atoms with E-state index in [1.54, 1.807) is 43.5 Å². The van der Waals surface area contributed by atoms with E-state index >= 15 is 0 Å². The molecule has 0 aliphatic carbocycles. The van der Waals surface area contributed by atoms with Gasteiger partial charge in [-0.25, -0.2) is 8.42 Å². The molecule has 4 aromatic rings. The van der Waals surface area contributed by atoms with Crippen molar-refractivity contribution in [2.24, 2.45) is 4.99 Å². The maximum Gasteiger partial charge on any atom is 0.281 e. The van der Waals surface area contributed by atoms with Crippen molar-refractivity contribution >= 4 is 43.2 Å². The van der Waals surface area contributed by atoms with Gasteiger partial charge in [0.2, 0.25) is 0 Å². The molecule has 1 heterocycles. The number of amides is 1. The van der Waals surface area contributed by atoms with Crippen LogP contribution in [0.3, 0.4) is 0 Å². The van der Waals surface area contributed by atoms with Gasteiger partial charge in [-0.2, -0.15) is 4.99 Å². The number of thiazole rings is 1. The number of benzene rings is 3. The van der Waals surface area contributed by atoms with Crippen LogP contribution in [0.4, 0.5) is 5.69 Å². The molecule has 1 N–H and O–H groups in total. The lowest BCUT2D eigenvalue weighted by Gasteiger charge is -2.11. The molecule has 0 aliphatic rings. The van der Waals surface area contributed by atoms with Crippen LogP contribution in [0, 0.1) is 20.8 Å². The van der Waals surface area contributed by atoms with Gasteiger partial charge < -0.3 is 9.30 Å². The predicted molar refractivity (Wildman–Crippen MR) is 139 cm³/mol. The van der Waals surface area contributed by atoms with Crippen LogP contribution in [-0.2, 0) is 21.3 Å². The number of ether oxygens (including phenoxy) is 1. The van der Waals surface area contributed by atoms with Crippen LogP contribution in [0.15, 0.2) is 70.6 Å². The zero-order valence-corrected chi connectivity index (χ0v) is 21.7. The fourth-order valence-corrected chi connectivity index (χ4v) is 6.20. The highest BCUT2D eigenvalue weighted by Gasteiger charge is 2.19. The van der Waals surface area contributed by atoms with E-state index in [0.29, 0.717) is 18.0 Å². The minimum Gasteiger partial charge on any atom is -0.383 e. The Bertz CT molecular complexity index is 1570. The van der Waals surface area contributed by atoms with Gasteiger partial charge in [-0.3, -0.25) is 9.52 Å². The molecule has 0 bridgehead atoms. The van der Waals surface area contributed by atoms with E-state index in [-0.39, 0.29) is 16.1 Å². The molecule has 3 aromatic carbocycles. The third-order valence-corrected chi connectivity index (χ3v) is 7.97. The topological polar surface area (TPSA) is 89.8 Å². The smallest absolute Gasteiger partial charge is 0.281 e. The first kappa shape index (κ1) is 24.8. The number of carbonyl (C=O) groups is 1. The van der Waals surface area contributed by atoms with Crippen LogP contribution in [0.5, 0.6) is 0 Å². The van der Waals surface area contributed by atoms with E-state index in [0.717, 1.165) is 26.9 Å². The van der Waals surface area contributed by atoms with E-state index in [4.69, 9.17) is 4.74 Å². The Kier molecular flexibility index (Phi) is 7.20. The van der Waals surface area contributed by atoms with Crippen molar-refractivity contribution in [2.45, 2.75) is 32.2 Å². The number of sulfonamides is 1. The summed E-state index contributed by atoms with van der Waals surface area (Å²) in [6.45, 7) is 6.95. The van der Waals surface area contributed by atoms with E-state index in [1.165, 1.54) is 23.5 Å². The standard InChI is InChI=1S/C26H27N3O4S2/c1-17-9-11-20(12-10-17)35(31,32)28-22-8-6-5-7-21(22)25(30)27-26-29(13-14-33-4)24-19(3)15-18(2)16-23(24)34-26/h5-12,15-16,28H,13-14H2,1-4H3. The summed E-state index contributed by atoms with van der Waals surface area (Å²) in [5, 5.41) is 0. The summed E-state index contributed by atoms with van der Waals surface area (Å²) in [4.78, 5) is 18.4. The van der Waals surface area contributed by atoms with Crippen molar-refractivity contribution in [3.05, 3.63) is 87.7 Å². The van der Waals surface area contributed by atoms with Gasteiger partial charge in [0.25, 0.3) is 15.9 Å². The maximum absolute atomic E-state index is 13.3. The Morgan fingerprint density at radius 1 is 1.03 bits per heavy atom. The predicted octanol–water partition coefficient (Wildman–Crippen LogP) is 4.82. The SMILES string of the molecule is COCCn1c(=NC(=O)c2ccccc2NS(=O)(=O)c2ccc(C)cc2)sc2cc(C)cc(C)c21. The van der Waals surface area contributed by atoms with E-state index in [1.807, 2.05) is 25.3 Å². The van der Waals surface area contributed by atoms with Crippen molar-refractivity contribution in [1.29, 1.82) is 0 Å². The number of hydrogen-bond donors (Lipinski definition) is 1. The van der Waals surface area contributed by atoms with E-state index in [2.05, 4.69) is 21.8 Å². The minimum atomic E-state index is -3.87. The van der Waals surface area contributed by atoms with Gasteiger partial charge in [-0.15, -0.1) is 0 Å². The number of aryl methyl sites for hydroxylation is 3. The zero-order chi connectivity index (χ0) is 25.2. The molecule has 0 saturated heterocycles. The molecular weight excluding hydrogens is 482 g/mol. The van der Waals surface area contributed by atoms with Crippen molar-refractivity contribution in [3.8, 4) is 0 Å². The lowest BCUT2D eigenvalue weighted by Crippen LogP contribution is -2.20. The Hall–Kier alpha value is -3.27.